The van der Waals surface area contributed by atoms with E-state index < -0.39 is 11.8 Å². The van der Waals surface area contributed by atoms with Gasteiger partial charge in [0.1, 0.15) is 0 Å². The zero-order valence-corrected chi connectivity index (χ0v) is 19.4. The maximum atomic E-state index is 12.9. The Hall–Kier alpha value is -2.77. The van der Waals surface area contributed by atoms with Crippen molar-refractivity contribution < 1.29 is 14.8 Å². The van der Waals surface area contributed by atoms with E-state index in [0.29, 0.717) is 24.4 Å². The van der Waals surface area contributed by atoms with Crippen molar-refractivity contribution in [1.29, 1.82) is 0 Å². The van der Waals surface area contributed by atoms with Gasteiger partial charge in [-0.05, 0) is 36.8 Å². The molecule has 0 bridgehead atoms. The number of carbonyl (C=O) groups excluding carboxylic acids is 2. The van der Waals surface area contributed by atoms with Crippen molar-refractivity contribution in [3.05, 3.63) is 71.8 Å². The van der Waals surface area contributed by atoms with Crippen LogP contribution in [0, 0.1) is 5.92 Å². The minimum absolute atomic E-state index is 0.0640. The molecule has 0 aliphatic carbocycles. The minimum atomic E-state index is -0.570. The number of aryl methyl sites for hydroxylation is 1. The van der Waals surface area contributed by atoms with Gasteiger partial charge in [-0.2, -0.15) is 0 Å². The molecule has 172 valence electrons. The molecule has 0 aliphatic rings. The summed E-state index contributed by atoms with van der Waals surface area (Å²) in [5.74, 6) is -1.32. The maximum Gasteiger partial charge on any atom is 0.244 e. The van der Waals surface area contributed by atoms with Crippen molar-refractivity contribution in [3.8, 4) is 0 Å². The number of thiocarbonyl (C=S) groups is 1. The highest BCUT2D eigenvalue weighted by atomic mass is 32.1. The van der Waals surface area contributed by atoms with E-state index in [1.807, 2.05) is 55.5 Å². The molecule has 2 atom stereocenters. The lowest BCUT2D eigenvalue weighted by molar-refractivity contribution is -0.135. The summed E-state index contributed by atoms with van der Waals surface area (Å²) < 4.78 is 0. The summed E-state index contributed by atoms with van der Waals surface area (Å²) >= 11 is 5.64. The van der Waals surface area contributed by atoms with E-state index in [1.165, 1.54) is 5.56 Å². The third-order valence-corrected chi connectivity index (χ3v) is 5.69. The largest absolute Gasteiger partial charge is 0.378 e. The first-order chi connectivity index (χ1) is 15.5. The molecule has 0 fully saturated rings. The van der Waals surface area contributed by atoms with Crippen LogP contribution in [0.4, 0.5) is 0 Å². The van der Waals surface area contributed by atoms with Crippen LogP contribution in [0.15, 0.2) is 60.7 Å². The highest BCUT2D eigenvalue weighted by Crippen LogP contribution is 2.13. The fourth-order valence-corrected chi connectivity index (χ4v) is 3.81. The van der Waals surface area contributed by atoms with Gasteiger partial charge in [0.2, 0.25) is 11.8 Å². The Balaban J connectivity index is 1.99. The molecule has 0 aliphatic heterocycles. The topological polar surface area (TPSA) is 90.5 Å². The Morgan fingerprint density at radius 1 is 1.00 bits per heavy atom. The molecule has 0 saturated carbocycles. The van der Waals surface area contributed by atoms with Gasteiger partial charge in [0, 0.05) is 18.9 Å². The molecule has 0 saturated heterocycles. The monoisotopic (exact) mass is 455 g/mol. The average molecular weight is 456 g/mol. The number of hydroxylamine groups is 1. The normalized spacial score (nSPS) is 12.4. The van der Waals surface area contributed by atoms with E-state index in [1.54, 1.807) is 5.48 Å². The Bertz CT molecular complexity index is 846. The summed E-state index contributed by atoms with van der Waals surface area (Å²) in [6.45, 7) is 2.66. The molecule has 0 unspecified atom stereocenters. The van der Waals surface area contributed by atoms with Crippen molar-refractivity contribution in [2.75, 3.05) is 6.54 Å². The smallest absolute Gasteiger partial charge is 0.244 e. The number of carbonyl (C=O) groups is 2. The Labute approximate surface area is 195 Å². The third-order valence-electron chi connectivity index (χ3n) is 5.26. The number of benzene rings is 2. The summed E-state index contributed by atoms with van der Waals surface area (Å²) in [5.41, 5.74) is 3.95. The van der Waals surface area contributed by atoms with Crippen LogP contribution in [-0.2, 0) is 22.4 Å². The lowest BCUT2D eigenvalue weighted by atomic mass is 9.97. The van der Waals surface area contributed by atoms with E-state index in [2.05, 4.69) is 22.8 Å². The molecular formula is C25H33N3O3S. The zero-order valence-electron chi connectivity index (χ0n) is 18.5. The van der Waals surface area contributed by atoms with Crippen LogP contribution in [0.5, 0.6) is 0 Å². The second-order valence-corrected chi connectivity index (χ2v) is 8.30. The van der Waals surface area contributed by atoms with Gasteiger partial charge >= 0.3 is 0 Å². The summed E-state index contributed by atoms with van der Waals surface area (Å²) in [4.78, 5) is 25.1. The van der Waals surface area contributed by atoms with Crippen LogP contribution < -0.4 is 16.1 Å². The number of hydrogen-bond acceptors (Lipinski definition) is 4. The summed E-state index contributed by atoms with van der Waals surface area (Å²) in [7, 11) is 0. The zero-order chi connectivity index (χ0) is 23.2. The van der Waals surface area contributed by atoms with E-state index >= 15 is 0 Å². The lowest BCUT2D eigenvalue weighted by Crippen LogP contribution is -2.49. The molecule has 0 aromatic heterocycles. The van der Waals surface area contributed by atoms with Gasteiger partial charge in [-0.25, -0.2) is 5.48 Å². The van der Waals surface area contributed by atoms with Crippen LogP contribution in [0.3, 0.4) is 0 Å². The number of amides is 2. The first-order valence-corrected chi connectivity index (χ1v) is 11.5. The minimum Gasteiger partial charge on any atom is -0.378 e. The van der Waals surface area contributed by atoms with Crippen molar-refractivity contribution in [1.82, 2.24) is 16.1 Å². The van der Waals surface area contributed by atoms with Gasteiger partial charge in [-0.3, -0.25) is 14.8 Å². The third kappa shape index (κ3) is 9.16. The summed E-state index contributed by atoms with van der Waals surface area (Å²) in [6, 6.07) is 19.7. The number of nitrogens with one attached hydrogen (secondary N) is 3. The lowest BCUT2D eigenvalue weighted by Gasteiger charge is -2.24. The van der Waals surface area contributed by atoms with Crippen LogP contribution in [0.2, 0.25) is 0 Å². The predicted molar refractivity (Wildman–Crippen MR) is 130 cm³/mol. The first-order valence-electron chi connectivity index (χ1n) is 11.1. The Morgan fingerprint density at radius 3 is 2.22 bits per heavy atom. The van der Waals surface area contributed by atoms with Gasteiger partial charge in [0.15, 0.2) is 0 Å². The molecule has 2 aromatic carbocycles. The van der Waals surface area contributed by atoms with Crippen LogP contribution >= 0.6 is 12.2 Å². The molecule has 0 radical (unpaired) electrons. The summed E-state index contributed by atoms with van der Waals surface area (Å²) in [6.07, 6.45) is 3.66. The van der Waals surface area contributed by atoms with E-state index in [0.717, 1.165) is 24.8 Å². The second-order valence-electron chi connectivity index (χ2n) is 7.86. The second kappa shape index (κ2) is 14.3. The van der Waals surface area contributed by atoms with E-state index in [9.17, 15) is 9.59 Å². The van der Waals surface area contributed by atoms with Gasteiger partial charge in [-0.1, -0.05) is 86.2 Å². The van der Waals surface area contributed by atoms with Gasteiger partial charge < -0.3 is 10.6 Å². The molecule has 6 nitrogen and oxygen atoms in total. The van der Waals surface area contributed by atoms with Crippen LogP contribution in [0.1, 0.15) is 43.7 Å². The van der Waals surface area contributed by atoms with E-state index in [-0.39, 0.29) is 18.4 Å². The molecule has 4 N–H and O–H groups in total. The molecule has 32 heavy (non-hydrogen) atoms. The standard InChI is InChI=1S/C25H33N3O3S/c1-2-10-21(18-23(29)28-31)24(30)27-22(17-20-13-7-4-8-14-20)25(32)26-16-9-15-19-11-5-3-6-12-19/h3-8,11-14,21-22,31H,2,9-10,15-18H2,1H3,(H,26,32)(H,27,30)(H,28,29)/t21-,22+/m1/s1. The Morgan fingerprint density at radius 2 is 1.62 bits per heavy atom. The van der Waals surface area contributed by atoms with Crippen LogP contribution in [0.25, 0.3) is 0 Å². The van der Waals surface area contributed by atoms with Gasteiger partial charge in [0.25, 0.3) is 0 Å². The van der Waals surface area contributed by atoms with Gasteiger partial charge in [0.05, 0.1) is 11.0 Å². The first kappa shape index (κ1) is 25.5. The molecule has 0 heterocycles. The van der Waals surface area contributed by atoms with Gasteiger partial charge in [-0.15, -0.1) is 0 Å². The number of rotatable bonds is 13. The Kier molecular flexibility index (Phi) is 11.4. The fraction of sp³-hybridized carbons (Fsp3) is 0.400. The number of hydrogen-bond donors (Lipinski definition) is 4. The molecule has 2 rings (SSSR count). The molecular weight excluding hydrogens is 422 g/mol. The van der Waals surface area contributed by atoms with Crippen molar-refractivity contribution >= 4 is 29.0 Å². The average Bonchev–Trinajstić information content (AvgIpc) is 2.82. The van der Waals surface area contributed by atoms with Crippen molar-refractivity contribution in [2.45, 2.75) is 51.5 Å². The molecule has 2 amide bonds. The van der Waals surface area contributed by atoms with Crippen LogP contribution in [-0.4, -0.2) is 34.6 Å². The summed E-state index contributed by atoms with van der Waals surface area (Å²) in [5, 5.41) is 15.2. The van der Waals surface area contributed by atoms with Crippen molar-refractivity contribution in [2.24, 2.45) is 5.92 Å². The molecule has 7 heteroatoms. The van der Waals surface area contributed by atoms with E-state index in [4.69, 9.17) is 17.4 Å². The fourth-order valence-electron chi connectivity index (χ4n) is 3.56. The molecule has 2 aromatic rings. The maximum absolute atomic E-state index is 12.9. The highest BCUT2D eigenvalue weighted by molar-refractivity contribution is 7.80. The highest BCUT2D eigenvalue weighted by Gasteiger charge is 2.25. The SMILES string of the molecule is CCC[C@H](CC(=O)NO)C(=O)N[C@@H](Cc1ccccc1)C(=S)NCCCc1ccccc1. The predicted octanol–water partition coefficient (Wildman–Crippen LogP) is 3.58. The van der Waals surface area contributed by atoms with Crippen molar-refractivity contribution in [3.63, 3.8) is 0 Å². The molecule has 0 spiro atoms. The quantitative estimate of drug-likeness (QED) is 0.160.